The number of thiazole rings is 1. The summed E-state index contributed by atoms with van der Waals surface area (Å²) in [5, 5.41) is 7.94. The fourth-order valence-electron chi connectivity index (χ4n) is 3.90. The summed E-state index contributed by atoms with van der Waals surface area (Å²) in [6.45, 7) is 7.40. The number of hydrogen-bond donors (Lipinski definition) is 3. The molecule has 2 heterocycles. The molecule has 0 saturated heterocycles. The van der Waals surface area contributed by atoms with Gasteiger partial charge in [-0.1, -0.05) is 17.4 Å². The molecular weight excluding hydrogens is 525 g/mol. The van der Waals surface area contributed by atoms with Crippen molar-refractivity contribution in [3.05, 3.63) is 64.0 Å². The van der Waals surface area contributed by atoms with Crippen molar-refractivity contribution in [1.29, 1.82) is 0 Å². The highest BCUT2D eigenvalue weighted by atomic mass is 32.1. The van der Waals surface area contributed by atoms with Crippen molar-refractivity contribution in [3.63, 3.8) is 0 Å². The zero-order valence-corrected chi connectivity index (χ0v) is 23.1. The lowest BCUT2D eigenvalue weighted by molar-refractivity contribution is 0.0635. The van der Waals surface area contributed by atoms with Crippen LogP contribution in [0.1, 0.15) is 64.8 Å². The summed E-state index contributed by atoms with van der Waals surface area (Å²) in [6, 6.07) is 5.99. The smallest absolute Gasteiger partial charge is 0.413 e. The van der Waals surface area contributed by atoms with E-state index in [0.717, 1.165) is 29.7 Å². The van der Waals surface area contributed by atoms with E-state index >= 15 is 0 Å². The number of rotatable bonds is 8. The molecule has 3 aromatic rings. The number of methoxy groups -OCH3 is 1. The van der Waals surface area contributed by atoms with Gasteiger partial charge in [0.1, 0.15) is 22.1 Å². The van der Waals surface area contributed by atoms with Crippen molar-refractivity contribution in [2.24, 2.45) is 0 Å². The Morgan fingerprint density at radius 3 is 2.41 bits per heavy atom. The van der Waals surface area contributed by atoms with E-state index in [1.165, 1.54) is 18.3 Å². The molecule has 0 unspecified atom stereocenters. The van der Waals surface area contributed by atoms with Gasteiger partial charge in [0.05, 0.1) is 18.4 Å². The molecule has 10 nitrogen and oxygen atoms in total. The van der Waals surface area contributed by atoms with E-state index in [9.17, 15) is 18.8 Å². The SMILES string of the molecule is COCC1(c2ccc(NC(=O)c3cc(NC(=O)c4cnc(NC(=O)OC(C)(C)C)s4)c(C)cc3F)nc2)CC1. The average molecular weight is 556 g/mol. The van der Waals surface area contributed by atoms with Gasteiger partial charge in [0.25, 0.3) is 11.8 Å². The number of carbonyl (C=O) groups is 3. The van der Waals surface area contributed by atoms with E-state index in [0.29, 0.717) is 12.2 Å². The van der Waals surface area contributed by atoms with E-state index in [1.807, 2.05) is 6.07 Å². The first kappa shape index (κ1) is 28.1. The van der Waals surface area contributed by atoms with Crippen molar-refractivity contribution >= 4 is 45.9 Å². The third-order valence-corrected chi connectivity index (χ3v) is 6.95. The van der Waals surface area contributed by atoms with Gasteiger partial charge in [0.2, 0.25) is 0 Å². The van der Waals surface area contributed by atoms with Crippen LogP contribution >= 0.6 is 11.3 Å². The minimum Gasteiger partial charge on any atom is -0.444 e. The molecule has 1 fully saturated rings. The summed E-state index contributed by atoms with van der Waals surface area (Å²) in [4.78, 5) is 46.2. The van der Waals surface area contributed by atoms with Crippen molar-refractivity contribution in [2.75, 3.05) is 29.7 Å². The molecule has 39 heavy (non-hydrogen) atoms. The molecule has 3 N–H and O–H groups in total. The second kappa shape index (κ2) is 11.1. The van der Waals surface area contributed by atoms with Crippen molar-refractivity contribution in [2.45, 2.75) is 51.6 Å². The number of aromatic nitrogens is 2. The van der Waals surface area contributed by atoms with Crippen LogP contribution in [-0.2, 0) is 14.9 Å². The fourth-order valence-corrected chi connectivity index (χ4v) is 4.60. The van der Waals surface area contributed by atoms with Gasteiger partial charge in [0.15, 0.2) is 5.13 Å². The number of nitrogens with one attached hydrogen (secondary N) is 3. The molecule has 1 aliphatic rings. The third-order valence-electron chi connectivity index (χ3n) is 6.04. The van der Waals surface area contributed by atoms with E-state index < -0.39 is 29.3 Å². The Labute approximate surface area is 229 Å². The second-order valence-corrected chi connectivity index (χ2v) is 11.4. The summed E-state index contributed by atoms with van der Waals surface area (Å²) in [6.07, 6.45) is 4.33. The molecule has 3 amide bonds. The molecule has 0 spiro atoms. The fraction of sp³-hybridized carbons (Fsp3) is 0.370. The first-order chi connectivity index (χ1) is 18.4. The van der Waals surface area contributed by atoms with Crippen LogP contribution in [0.15, 0.2) is 36.7 Å². The van der Waals surface area contributed by atoms with Crippen LogP contribution in [0.4, 0.5) is 25.8 Å². The predicted molar refractivity (Wildman–Crippen MR) is 146 cm³/mol. The molecule has 0 aliphatic heterocycles. The number of halogens is 1. The number of carbonyl (C=O) groups excluding carboxylic acids is 3. The normalized spacial score (nSPS) is 13.9. The number of amides is 3. The molecule has 0 atom stereocenters. The quantitative estimate of drug-likeness (QED) is 0.334. The van der Waals surface area contributed by atoms with Crippen molar-refractivity contribution in [3.8, 4) is 0 Å². The molecule has 1 saturated carbocycles. The molecule has 206 valence electrons. The van der Waals surface area contributed by atoms with Crippen LogP contribution in [0.2, 0.25) is 0 Å². The summed E-state index contributed by atoms with van der Waals surface area (Å²) in [7, 11) is 1.66. The molecule has 4 rings (SSSR count). The standard InChI is InChI=1S/C27H30FN5O5S/c1-15-10-18(28)17(22(34)32-21-7-6-16(12-29-21)27(8-9-27)14-37-5)11-19(15)31-23(35)20-13-30-24(39-20)33-25(36)38-26(2,3)4/h6-7,10-13H,8-9,14H2,1-5H3,(H,31,35)(H,29,32,34)(H,30,33,36). The maximum atomic E-state index is 14.7. The number of ether oxygens (including phenoxy) is 2. The van der Waals surface area contributed by atoms with Gasteiger partial charge < -0.3 is 20.1 Å². The highest BCUT2D eigenvalue weighted by Gasteiger charge is 2.44. The van der Waals surface area contributed by atoms with E-state index in [-0.39, 0.29) is 32.5 Å². The number of anilines is 3. The minimum absolute atomic E-state index is 0.0227. The Morgan fingerprint density at radius 1 is 1.05 bits per heavy atom. The van der Waals surface area contributed by atoms with E-state index in [1.54, 1.807) is 47.1 Å². The monoisotopic (exact) mass is 555 g/mol. The zero-order valence-electron chi connectivity index (χ0n) is 22.3. The van der Waals surface area contributed by atoms with Crippen LogP contribution in [0, 0.1) is 12.7 Å². The highest BCUT2D eigenvalue weighted by molar-refractivity contribution is 7.17. The van der Waals surface area contributed by atoms with Crippen molar-refractivity contribution < 1.29 is 28.2 Å². The molecular formula is C27H30FN5O5S. The number of pyridine rings is 1. The first-order valence-electron chi connectivity index (χ1n) is 12.2. The first-order valence-corrected chi connectivity index (χ1v) is 13.0. The summed E-state index contributed by atoms with van der Waals surface area (Å²) in [5.41, 5.74) is 0.738. The van der Waals surface area contributed by atoms with E-state index in [4.69, 9.17) is 9.47 Å². The van der Waals surface area contributed by atoms with Crippen molar-refractivity contribution in [1.82, 2.24) is 9.97 Å². The molecule has 0 bridgehead atoms. The Kier molecular flexibility index (Phi) is 7.98. The maximum absolute atomic E-state index is 14.7. The number of benzene rings is 1. The topological polar surface area (TPSA) is 132 Å². The molecule has 2 aromatic heterocycles. The Morgan fingerprint density at radius 2 is 1.79 bits per heavy atom. The summed E-state index contributed by atoms with van der Waals surface area (Å²) < 4.78 is 25.2. The third kappa shape index (κ3) is 6.95. The zero-order chi connectivity index (χ0) is 28.4. The van der Waals surface area contributed by atoms with Crippen LogP contribution in [0.5, 0.6) is 0 Å². The lowest BCUT2D eigenvalue weighted by Gasteiger charge is -2.18. The Balaban J connectivity index is 1.43. The van der Waals surface area contributed by atoms with Gasteiger partial charge in [-0.25, -0.2) is 19.2 Å². The number of aryl methyl sites for hydroxylation is 1. The number of nitrogens with zero attached hydrogens (tertiary/aromatic N) is 2. The molecule has 1 aliphatic carbocycles. The van der Waals surface area contributed by atoms with E-state index in [2.05, 4.69) is 25.9 Å². The maximum Gasteiger partial charge on any atom is 0.413 e. The molecule has 12 heteroatoms. The van der Waals surface area contributed by atoms with Gasteiger partial charge in [0, 0.05) is 24.4 Å². The van der Waals surface area contributed by atoms with Crippen LogP contribution < -0.4 is 16.0 Å². The van der Waals surface area contributed by atoms with Crippen LogP contribution in [0.3, 0.4) is 0 Å². The molecule has 1 aromatic carbocycles. The molecule has 0 radical (unpaired) electrons. The lowest BCUT2D eigenvalue weighted by atomic mass is 9.99. The lowest BCUT2D eigenvalue weighted by Crippen LogP contribution is -2.27. The Hall–Kier alpha value is -3.90. The summed E-state index contributed by atoms with van der Waals surface area (Å²) in [5.74, 6) is -1.70. The van der Waals surface area contributed by atoms with Crippen LogP contribution in [0.25, 0.3) is 0 Å². The predicted octanol–water partition coefficient (Wildman–Crippen LogP) is 5.52. The van der Waals surface area contributed by atoms with Gasteiger partial charge in [-0.2, -0.15) is 0 Å². The minimum atomic E-state index is -0.738. The average Bonchev–Trinajstić information content (AvgIpc) is 3.48. The largest absolute Gasteiger partial charge is 0.444 e. The van der Waals surface area contributed by atoms with Gasteiger partial charge in [-0.3, -0.25) is 14.9 Å². The Bertz CT molecular complexity index is 1400. The van der Waals surface area contributed by atoms with Gasteiger partial charge >= 0.3 is 6.09 Å². The van der Waals surface area contributed by atoms with Crippen LogP contribution in [-0.4, -0.2) is 47.2 Å². The number of hydrogen-bond acceptors (Lipinski definition) is 8. The van der Waals surface area contributed by atoms with Gasteiger partial charge in [-0.05, 0) is 69.9 Å². The van der Waals surface area contributed by atoms with Gasteiger partial charge in [-0.15, -0.1) is 0 Å². The summed E-state index contributed by atoms with van der Waals surface area (Å²) >= 11 is 0.941. The highest BCUT2D eigenvalue weighted by Crippen LogP contribution is 2.48. The second-order valence-electron chi connectivity index (χ2n) is 10.4.